The first-order valence-electron chi connectivity index (χ1n) is 8.23. The quantitative estimate of drug-likeness (QED) is 0.353. The van der Waals surface area contributed by atoms with Crippen LogP contribution >= 0.6 is 11.3 Å². The molecule has 3 rings (SSSR count). The minimum Gasteiger partial charge on any atom is -0.360 e. The van der Waals surface area contributed by atoms with Crippen LogP contribution in [0.1, 0.15) is 16.1 Å². The molecule has 0 fully saturated rings. The maximum Gasteiger partial charge on any atom is 0.306 e. The Kier molecular flexibility index (Phi) is 5.47. The first kappa shape index (κ1) is 19.2. The van der Waals surface area contributed by atoms with Crippen molar-refractivity contribution in [1.29, 1.82) is 5.26 Å². The van der Waals surface area contributed by atoms with Crippen molar-refractivity contribution in [2.24, 2.45) is 0 Å². The smallest absolute Gasteiger partial charge is 0.306 e. The van der Waals surface area contributed by atoms with Gasteiger partial charge in [0.1, 0.15) is 16.6 Å². The van der Waals surface area contributed by atoms with Crippen LogP contribution in [0.4, 0.5) is 15.8 Å². The van der Waals surface area contributed by atoms with Crippen LogP contribution in [0.2, 0.25) is 0 Å². The first-order valence-corrected chi connectivity index (χ1v) is 9.11. The van der Waals surface area contributed by atoms with Crippen molar-refractivity contribution in [1.82, 2.24) is 4.98 Å². The molecule has 0 bridgehead atoms. The molecule has 1 N–H and O–H groups in total. The number of thiazole rings is 1. The van der Waals surface area contributed by atoms with Gasteiger partial charge in [0, 0.05) is 28.9 Å². The van der Waals surface area contributed by atoms with Crippen LogP contribution in [0.3, 0.4) is 0 Å². The van der Waals surface area contributed by atoms with E-state index < -0.39 is 16.4 Å². The number of nitro groups is 1. The number of nitrogens with one attached hydrogen (secondary N) is 1. The lowest BCUT2D eigenvalue weighted by atomic mass is 10.0. The number of nitro benzene ring substituents is 1. The molecule has 0 radical (unpaired) electrons. The highest BCUT2D eigenvalue weighted by molar-refractivity contribution is 7.11. The number of rotatable bonds is 5. The molecule has 28 heavy (non-hydrogen) atoms. The van der Waals surface area contributed by atoms with Crippen LogP contribution in [-0.4, -0.2) is 9.91 Å². The molecule has 3 aromatic rings. The average Bonchev–Trinajstić information content (AvgIpc) is 3.13. The molecule has 1 aromatic heterocycles. The average molecular weight is 394 g/mol. The highest BCUT2D eigenvalue weighted by atomic mass is 32.1. The molecule has 0 atom stereocenters. The normalized spacial score (nSPS) is 11.1. The van der Waals surface area contributed by atoms with E-state index in [9.17, 15) is 19.8 Å². The van der Waals surface area contributed by atoms with Gasteiger partial charge in [-0.2, -0.15) is 9.65 Å². The topological polar surface area (TPSA) is 91.8 Å². The Labute approximate surface area is 164 Å². The van der Waals surface area contributed by atoms with Crippen LogP contribution < -0.4 is 5.32 Å². The number of aromatic nitrogens is 1. The molecule has 0 saturated heterocycles. The summed E-state index contributed by atoms with van der Waals surface area (Å²) in [6.07, 6.45) is 1.40. The summed E-state index contributed by atoms with van der Waals surface area (Å²) in [5.41, 5.74) is 3.95. The molecule has 0 aliphatic heterocycles. The van der Waals surface area contributed by atoms with Gasteiger partial charge in [0.05, 0.1) is 10.6 Å². The lowest BCUT2D eigenvalue weighted by Crippen LogP contribution is -1.96. The Morgan fingerprint density at radius 3 is 2.79 bits per heavy atom. The molecule has 1 heterocycles. The summed E-state index contributed by atoms with van der Waals surface area (Å²) in [4.78, 5) is 14.6. The molecule has 6 nitrogen and oxygen atoms in total. The third kappa shape index (κ3) is 4.05. The van der Waals surface area contributed by atoms with Crippen molar-refractivity contribution >= 4 is 28.3 Å². The SMILES string of the molecule is Cc1ccc(-c2csc(/C(C#N)=C\Nc3ccc(F)c([N+](=O)[O-])c3)n2)c(C)c1. The van der Waals surface area contributed by atoms with Crippen LogP contribution in [0.5, 0.6) is 0 Å². The van der Waals surface area contributed by atoms with Crippen LogP contribution in [-0.2, 0) is 0 Å². The number of hydrogen-bond acceptors (Lipinski definition) is 6. The molecule has 140 valence electrons. The van der Waals surface area contributed by atoms with Gasteiger partial charge >= 0.3 is 5.69 Å². The standard InChI is InChI=1S/C20H15FN4O2S/c1-12-3-5-16(13(2)7-12)18-11-28-20(24-18)14(9-22)10-23-15-4-6-17(21)19(8-15)25(26)27/h3-8,10-11,23H,1-2H3/b14-10-. The maximum atomic E-state index is 13.4. The number of halogens is 1. The second kappa shape index (κ2) is 7.98. The molecule has 0 aliphatic carbocycles. The molecular weight excluding hydrogens is 379 g/mol. The Bertz CT molecular complexity index is 1130. The Morgan fingerprint density at radius 1 is 1.32 bits per heavy atom. The van der Waals surface area contributed by atoms with Crippen molar-refractivity contribution in [2.75, 3.05) is 5.32 Å². The fourth-order valence-corrected chi connectivity index (χ4v) is 3.45. The van der Waals surface area contributed by atoms with Crippen LogP contribution in [0, 0.1) is 41.1 Å². The number of allylic oxidation sites excluding steroid dienone is 1. The fourth-order valence-electron chi connectivity index (χ4n) is 2.66. The van der Waals surface area contributed by atoms with E-state index in [2.05, 4.69) is 22.4 Å². The van der Waals surface area contributed by atoms with Crippen molar-refractivity contribution < 1.29 is 9.31 Å². The lowest BCUT2D eigenvalue weighted by molar-refractivity contribution is -0.387. The third-order valence-corrected chi connectivity index (χ3v) is 4.91. The van der Waals surface area contributed by atoms with E-state index >= 15 is 0 Å². The molecule has 0 spiro atoms. The summed E-state index contributed by atoms with van der Waals surface area (Å²) < 4.78 is 13.4. The number of benzene rings is 2. The van der Waals surface area contributed by atoms with Crippen molar-refractivity contribution in [3.63, 3.8) is 0 Å². The van der Waals surface area contributed by atoms with Crippen LogP contribution in [0.25, 0.3) is 16.8 Å². The summed E-state index contributed by atoms with van der Waals surface area (Å²) in [5.74, 6) is -0.918. The van der Waals surface area contributed by atoms with Gasteiger partial charge < -0.3 is 5.32 Å². The number of nitriles is 1. The van der Waals surface area contributed by atoms with Crippen LogP contribution in [0.15, 0.2) is 48.0 Å². The van der Waals surface area contributed by atoms with Crippen molar-refractivity contribution in [3.05, 3.63) is 80.0 Å². The number of aryl methyl sites for hydroxylation is 2. The zero-order chi connectivity index (χ0) is 20.3. The molecule has 8 heteroatoms. The summed E-state index contributed by atoms with van der Waals surface area (Å²) in [7, 11) is 0. The molecular formula is C20H15FN4O2S. The van der Waals surface area contributed by atoms with Gasteiger partial charge in [0.2, 0.25) is 5.82 Å². The van der Waals surface area contributed by atoms with Gasteiger partial charge in [-0.3, -0.25) is 10.1 Å². The second-order valence-electron chi connectivity index (χ2n) is 6.09. The van der Waals surface area contributed by atoms with E-state index in [1.54, 1.807) is 0 Å². The predicted molar refractivity (Wildman–Crippen MR) is 107 cm³/mol. The van der Waals surface area contributed by atoms with E-state index in [4.69, 9.17) is 0 Å². The Balaban J connectivity index is 1.86. The van der Waals surface area contributed by atoms with E-state index in [1.165, 1.54) is 23.6 Å². The second-order valence-corrected chi connectivity index (χ2v) is 6.95. The van der Waals surface area contributed by atoms with Crippen molar-refractivity contribution in [3.8, 4) is 17.3 Å². The van der Waals surface area contributed by atoms with E-state index in [0.717, 1.165) is 34.5 Å². The van der Waals surface area contributed by atoms with Gasteiger partial charge in [-0.1, -0.05) is 23.8 Å². The van der Waals surface area contributed by atoms with Gasteiger partial charge in [0.15, 0.2) is 0 Å². The summed E-state index contributed by atoms with van der Waals surface area (Å²) in [6.45, 7) is 4.02. The van der Waals surface area contributed by atoms with Gasteiger partial charge in [-0.25, -0.2) is 4.98 Å². The zero-order valence-electron chi connectivity index (χ0n) is 15.1. The molecule has 0 saturated carbocycles. The Morgan fingerprint density at radius 2 is 2.11 bits per heavy atom. The minimum atomic E-state index is -0.918. The van der Waals surface area contributed by atoms with Crippen molar-refractivity contribution in [2.45, 2.75) is 13.8 Å². The van der Waals surface area contributed by atoms with E-state index in [0.29, 0.717) is 10.7 Å². The largest absolute Gasteiger partial charge is 0.360 e. The lowest BCUT2D eigenvalue weighted by Gasteiger charge is -2.04. The zero-order valence-corrected chi connectivity index (χ0v) is 15.9. The maximum absolute atomic E-state index is 13.4. The molecule has 2 aromatic carbocycles. The minimum absolute atomic E-state index is 0.271. The summed E-state index contributed by atoms with van der Waals surface area (Å²) in [5, 5.41) is 25.5. The van der Waals surface area contributed by atoms with E-state index in [-0.39, 0.29) is 5.57 Å². The predicted octanol–water partition coefficient (Wildman–Crippen LogP) is 5.45. The van der Waals surface area contributed by atoms with Gasteiger partial charge in [-0.05, 0) is 31.5 Å². The number of anilines is 1. The fraction of sp³-hybridized carbons (Fsp3) is 0.100. The third-order valence-electron chi connectivity index (χ3n) is 4.04. The van der Waals surface area contributed by atoms with E-state index in [1.807, 2.05) is 31.4 Å². The highest BCUT2D eigenvalue weighted by Crippen LogP contribution is 2.29. The summed E-state index contributed by atoms with van der Waals surface area (Å²) in [6, 6.07) is 11.6. The summed E-state index contributed by atoms with van der Waals surface area (Å²) >= 11 is 1.33. The van der Waals surface area contributed by atoms with Gasteiger partial charge in [0.25, 0.3) is 0 Å². The number of hydrogen-bond donors (Lipinski definition) is 1. The first-order chi connectivity index (χ1) is 13.4. The highest BCUT2D eigenvalue weighted by Gasteiger charge is 2.15. The molecule has 0 aliphatic rings. The van der Waals surface area contributed by atoms with Gasteiger partial charge in [-0.15, -0.1) is 11.3 Å². The Hall–Kier alpha value is -3.57. The molecule has 0 amide bonds. The molecule has 0 unspecified atom stereocenters. The monoisotopic (exact) mass is 394 g/mol. The number of nitrogens with zero attached hydrogens (tertiary/aromatic N) is 3.